The van der Waals surface area contributed by atoms with Gasteiger partial charge in [-0.1, -0.05) is 12.1 Å². The Labute approximate surface area is 196 Å². The molecular weight excluding hydrogens is 436 g/mol. The number of pyridine rings is 1. The maximum atomic E-state index is 13.0. The normalized spacial score (nSPS) is 14.6. The zero-order valence-electron chi connectivity index (χ0n) is 19.0. The van der Waals surface area contributed by atoms with Crippen LogP contribution in [0.4, 0.5) is 0 Å². The molecule has 0 saturated carbocycles. The van der Waals surface area contributed by atoms with Crippen LogP contribution in [-0.2, 0) is 20.6 Å². The van der Waals surface area contributed by atoms with Gasteiger partial charge < -0.3 is 25.6 Å². The largest absolute Gasteiger partial charge is 0.402 e. The minimum atomic E-state index is -0.155. The monoisotopic (exact) mass is 464 g/mol. The topological polar surface area (TPSA) is 109 Å². The molecule has 0 aliphatic carbocycles. The van der Waals surface area contributed by atoms with Gasteiger partial charge in [0.2, 0.25) is 0 Å². The predicted octanol–water partition coefficient (Wildman–Crippen LogP) is 2.69. The lowest BCUT2D eigenvalue weighted by Gasteiger charge is -2.26. The summed E-state index contributed by atoms with van der Waals surface area (Å²) in [5.41, 5.74) is 10.9. The number of hydrogen-bond acceptors (Lipinski definition) is 6. The first-order chi connectivity index (χ1) is 15.8. The number of fused-ring (bicyclic) bond motifs is 1. The molecule has 1 amide bonds. The molecule has 4 N–H and O–H groups in total. The van der Waals surface area contributed by atoms with E-state index in [0.29, 0.717) is 18.8 Å². The van der Waals surface area contributed by atoms with Crippen LogP contribution in [0, 0.1) is 12.3 Å². The Morgan fingerprint density at radius 1 is 1.24 bits per heavy atom. The van der Waals surface area contributed by atoms with Crippen molar-refractivity contribution in [2.24, 2.45) is 19.8 Å². The zero-order chi connectivity index (χ0) is 23.7. The summed E-state index contributed by atoms with van der Waals surface area (Å²) in [6, 6.07) is 11.0. The van der Waals surface area contributed by atoms with E-state index in [1.807, 2.05) is 48.9 Å². The number of rotatable bonds is 6. The lowest BCUT2D eigenvalue weighted by Crippen LogP contribution is -2.29. The first-order valence-electron chi connectivity index (χ1n) is 10.7. The Kier molecular flexibility index (Phi) is 6.44. The first kappa shape index (κ1) is 22.9. The van der Waals surface area contributed by atoms with Crippen molar-refractivity contribution in [3.63, 3.8) is 0 Å². The van der Waals surface area contributed by atoms with E-state index in [2.05, 4.69) is 9.62 Å². The van der Waals surface area contributed by atoms with Crippen LogP contribution in [0.2, 0.25) is 0 Å². The van der Waals surface area contributed by atoms with Crippen LogP contribution in [0.5, 0.6) is 0 Å². The minimum absolute atomic E-state index is 0.0624. The van der Waals surface area contributed by atoms with Gasteiger partial charge in [0.25, 0.3) is 11.5 Å². The summed E-state index contributed by atoms with van der Waals surface area (Å²) in [6.45, 7) is 3.77. The second kappa shape index (κ2) is 9.29. The summed E-state index contributed by atoms with van der Waals surface area (Å²) < 4.78 is 5.68. The van der Waals surface area contributed by atoms with Crippen LogP contribution in [0.3, 0.4) is 0 Å². The SMILES string of the molecule is Cc1c(SN2CCC(N)=C(C=N)C2)cc(C(=O)NCc2cccc3c2ccc(=O)n3C)n1C. The van der Waals surface area contributed by atoms with Crippen LogP contribution < -0.4 is 16.6 Å². The second-order valence-corrected chi connectivity index (χ2v) is 9.34. The molecule has 0 radical (unpaired) electrons. The van der Waals surface area contributed by atoms with E-state index >= 15 is 0 Å². The molecule has 0 unspecified atom stereocenters. The number of aromatic nitrogens is 2. The van der Waals surface area contributed by atoms with E-state index in [1.165, 1.54) is 6.21 Å². The first-order valence-corrected chi connectivity index (χ1v) is 11.5. The quantitative estimate of drug-likeness (QED) is 0.384. The van der Waals surface area contributed by atoms with E-state index in [4.69, 9.17) is 11.1 Å². The molecule has 0 bridgehead atoms. The molecule has 3 heterocycles. The van der Waals surface area contributed by atoms with Crippen molar-refractivity contribution in [3.8, 4) is 0 Å². The predicted molar refractivity (Wildman–Crippen MR) is 133 cm³/mol. The molecule has 4 rings (SSSR count). The molecule has 33 heavy (non-hydrogen) atoms. The average molecular weight is 465 g/mol. The molecule has 0 saturated heterocycles. The van der Waals surface area contributed by atoms with Crippen LogP contribution >= 0.6 is 11.9 Å². The third-order valence-electron chi connectivity index (χ3n) is 6.21. The Morgan fingerprint density at radius 2 is 2.03 bits per heavy atom. The maximum Gasteiger partial charge on any atom is 0.268 e. The van der Waals surface area contributed by atoms with Crippen molar-refractivity contribution in [1.82, 2.24) is 18.8 Å². The molecule has 172 valence electrons. The minimum Gasteiger partial charge on any atom is -0.402 e. The molecule has 0 spiro atoms. The highest BCUT2D eigenvalue weighted by molar-refractivity contribution is 7.97. The van der Waals surface area contributed by atoms with Crippen molar-refractivity contribution in [2.45, 2.75) is 24.8 Å². The smallest absolute Gasteiger partial charge is 0.268 e. The Balaban J connectivity index is 1.50. The molecule has 0 atom stereocenters. The highest BCUT2D eigenvalue weighted by Crippen LogP contribution is 2.31. The van der Waals surface area contributed by atoms with Gasteiger partial charge in [-0.25, -0.2) is 4.31 Å². The summed E-state index contributed by atoms with van der Waals surface area (Å²) in [6.07, 6.45) is 2.05. The standard InChI is InChI=1S/C24H28N6O2S/c1-15-22(33-30-10-9-19(26)17(12-25)14-30)11-21(28(15)2)24(32)27-13-16-5-4-6-20-18(16)7-8-23(31)29(20)3/h4-8,11-12,25H,9-10,13-14,26H2,1-3H3,(H,27,32). The molecule has 3 aromatic rings. The maximum absolute atomic E-state index is 13.0. The van der Waals surface area contributed by atoms with Crippen molar-refractivity contribution < 1.29 is 4.79 Å². The van der Waals surface area contributed by atoms with Crippen molar-refractivity contribution in [1.29, 1.82) is 5.41 Å². The van der Waals surface area contributed by atoms with Crippen molar-refractivity contribution in [3.05, 3.63) is 75.0 Å². The van der Waals surface area contributed by atoms with Gasteiger partial charge in [0.15, 0.2) is 0 Å². The fourth-order valence-corrected chi connectivity index (χ4v) is 5.10. The Hall–Kier alpha value is -3.30. The van der Waals surface area contributed by atoms with Gasteiger partial charge in [-0.3, -0.25) is 9.59 Å². The summed E-state index contributed by atoms with van der Waals surface area (Å²) in [5.74, 6) is -0.155. The summed E-state index contributed by atoms with van der Waals surface area (Å²) >= 11 is 1.59. The highest BCUT2D eigenvalue weighted by atomic mass is 32.2. The lowest BCUT2D eigenvalue weighted by molar-refractivity contribution is 0.0942. The third kappa shape index (κ3) is 4.46. The van der Waals surface area contributed by atoms with Gasteiger partial charge in [0.05, 0.1) is 5.52 Å². The number of hydrogen-bond donors (Lipinski definition) is 3. The molecule has 2 aromatic heterocycles. The number of amides is 1. The Bertz CT molecular complexity index is 1340. The van der Waals surface area contributed by atoms with Crippen LogP contribution in [0.1, 0.15) is 28.2 Å². The summed E-state index contributed by atoms with van der Waals surface area (Å²) in [4.78, 5) is 26.0. The number of aryl methyl sites for hydroxylation is 1. The van der Waals surface area contributed by atoms with E-state index in [0.717, 1.165) is 51.3 Å². The van der Waals surface area contributed by atoms with Crippen LogP contribution in [0.25, 0.3) is 10.9 Å². The molecule has 0 fully saturated rings. The molecule has 1 aliphatic rings. The molecule has 8 nitrogen and oxygen atoms in total. The van der Waals surface area contributed by atoms with Crippen LogP contribution in [-0.4, -0.2) is 38.7 Å². The highest BCUT2D eigenvalue weighted by Gasteiger charge is 2.21. The van der Waals surface area contributed by atoms with Gasteiger partial charge in [-0.2, -0.15) is 0 Å². The summed E-state index contributed by atoms with van der Waals surface area (Å²) in [7, 11) is 3.63. The van der Waals surface area contributed by atoms with Gasteiger partial charge in [0.1, 0.15) is 5.69 Å². The van der Waals surface area contributed by atoms with Crippen molar-refractivity contribution in [2.75, 3.05) is 13.1 Å². The van der Waals surface area contributed by atoms with Crippen molar-refractivity contribution >= 4 is 35.0 Å². The molecular formula is C24H28N6O2S. The van der Waals surface area contributed by atoms with E-state index in [-0.39, 0.29) is 11.5 Å². The molecule has 1 aromatic carbocycles. The lowest BCUT2D eigenvalue weighted by atomic mass is 10.1. The van der Waals surface area contributed by atoms with Gasteiger partial charge >= 0.3 is 0 Å². The second-order valence-electron chi connectivity index (χ2n) is 8.20. The van der Waals surface area contributed by atoms with Gasteiger partial charge in [-0.05, 0) is 42.6 Å². The Morgan fingerprint density at radius 3 is 2.79 bits per heavy atom. The number of benzene rings is 1. The fourth-order valence-electron chi connectivity index (χ4n) is 4.00. The molecule has 9 heteroatoms. The number of carbonyl (C=O) groups excluding carboxylic acids is 1. The van der Waals surface area contributed by atoms with E-state index in [1.54, 1.807) is 29.6 Å². The van der Waals surface area contributed by atoms with Crippen LogP contribution in [0.15, 0.2) is 57.4 Å². The number of nitrogens with two attached hydrogens (primary N) is 1. The average Bonchev–Trinajstić information content (AvgIpc) is 3.09. The fraction of sp³-hybridized carbons (Fsp3) is 0.292. The number of nitrogens with zero attached hydrogens (tertiary/aromatic N) is 3. The number of nitrogens with one attached hydrogen (secondary N) is 2. The third-order valence-corrected chi connectivity index (χ3v) is 7.39. The molecule has 1 aliphatic heterocycles. The van der Waals surface area contributed by atoms with Gasteiger partial charge in [-0.15, -0.1) is 0 Å². The van der Waals surface area contributed by atoms with Gasteiger partial charge in [0, 0.05) is 79.7 Å². The van der Waals surface area contributed by atoms with E-state index < -0.39 is 0 Å². The number of carbonyl (C=O) groups is 1. The zero-order valence-corrected chi connectivity index (χ0v) is 19.8. The van der Waals surface area contributed by atoms with E-state index in [9.17, 15) is 9.59 Å². The summed E-state index contributed by atoms with van der Waals surface area (Å²) in [5, 5.41) is 11.5.